The molecule has 7 heteroatoms. The zero-order valence-corrected chi connectivity index (χ0v) is 14.0. The largest absolute Gasteiger partial charge is 0.491 e. The number of amides is 1. The summed E-state index contributed by atoms with van der Waals surface area (Å²) in [4.78, 5) is 22.6. The average molecular weight is 334 g/mol. The highest BCUT2D eigenvalue weighted by Gasteiger charge is 2.20. The van der Waals surface area contributed by atoms with Gasteiger partial charge in [-0.25, -0.2) is 4.79 Å². The Bertz CT molecular complexity index is 616. The number of benzene rings is 1. The highest BCUT2D eigenvalue weighted by atomic mass is 16.6. The van der Waals surface area contributed by atoms with Crippen molar-refractivity contribution in [3.63, 3.8) is 0 Å². The first-order valence-electron chi connectivity index (χ1n) is 7.54. The van der Waals surface area contributed by atoms with E-state index in [1.807, 2.05) is 6.07 Å². The molecule has 0 bridgehead atoms. The van der Waals surface area contributed by atoms with E-state index in [1.54, 1.807) is 45.0 Å². The number of alkyl carbamates (subject to hydrolysis) is 1. The molecule has 24 heavy (non-hydrogen) atoms. The smallest absolute Gasteiger partial charge is 0.407 e. The normalized spacial score (nSPS) is 11.9. The number of rotatable bonds is 7. The molecule has 0 aliphatic carbocycles. The van der Waals surface area contributed by atoms with Crippen molar-refractivity contribution < 1.29 is 24.2 Å². The molecule has 0 heterocycles. The average Bonchev–Trinajstić information content (AvgIpc) is 2.48. The summed E-state index contributed by atoms with van der Waals surface area (Å²) in [6.07, 6.45) is -0.540. The van der Waals surface area contributed by atoms with Crippen molar-refractivity contribution in [1.29, 1.82) is 5.26 Å². The van der Waals surface area contributed by atoms with Gasteiger partial charge in [-0.05, 0) is 45.4 Å². The van der Waals surface area contributed by atoms with E-state index in [4.69, 9.17) is 19.8 Å². The van der Waals surface area contributed by atoms with Gasteiger partial charge in [0.2, 0.25) is 0 Å². The summed E-state index contributed by atoms with van der Waals surface area (Å²) < 4.78 is 10.7. The molecule has 0 spiro atoms. The van der Waals surface area contributed by atoms with Crippen LogP contribution < -0.4 is 10.1 Å². The summed E-state index contributed by atoms with van der Waals surface area (Å²) in [5.74, 6) is -0.488. The lowest BCUT2D eigenvalue weighted by atomic mass is 10.1. The number of aliphatic carboxylic acids is 1. The maximum absolute atomic E-state index is 11.8. The number of carboxylic acids is 1. The third-order valence-corrected chi connectivity index (χ3v) is 2.84. The number of carbonyl (C=O) groups is 2. The van der Waals surface area contributed by atoms with Gasteiger partial charge in [-0.2, -0.15) is 5.26 Å². The van der Waals surface area contributed by atoms with Crippen molar-refractivity contribution in [2.45, 2.75) is 45.3 Å². The molecule has 0 saturated heterocycles. The maximum Gasteiger partial charge on any atom is 0.407 e. The fourth-order valence-electron chi connectivity index (χ4n) is 1.82. The molecule has 7 nitrogen and oxygen atoms in total. The molecule has 0 radical (unpaired) electrons. The van der Waals surface area contributed by atoms with Crippen LogP contribution >= 0.6 is 0 Å². The molecular weight excluding hydrogens is 312 g/mol. The van der Waals surface area contributed by atoms with Gasteiger partial charge in [0, 0.05) is 6.42 Å². The quantitative estimate of drug-likeness (QED) is 0.793. The molecule has 1 amide bonds. The molecule has 0 aromatic heterocycles. The van der Waals surface area contributed by atoms with Crippen LogP contribution in [0.4, 0.5) is 4.79 Å². The van der Waals surface area contributed by atoms with Gasteiger partial charge in [-0.1, -0.05) is 6.07 Å². The highest BCUT2D eigenvalue weighted by Crippen LogP contribution is 2.14. The third-order valence-electron chi connectivity index (χ3n) is 2.84. The van der Waals surface area contributed by atoms with Crippen molar-refractivity contribution in [3.05, 3.63) is 29.8 Å². The van der Waals surface area contributed by atoms with Crippen LogP contribution in [0.3, 0.4) is 0 Å². The molecule has 0 saturated carbocycles. The molecule has 1 rings (SSSR count). The lowest BCUT2D eigenvalue weighted by Gasteiger charge is -2.23. The summed E-state index contributed by atoms with van der Waals surface area (Å²) in [5, 5.41) is 20.3. The zero-order valence-electron chi connectivity index (χ0n) is 14.0. The van der Waals surface area contributed by atoms with Gasteiger partial charge in [-0.3, -0.25) is 4.79 Å². The molecule has 0 unspecified atom stereocenters. The summed E-state index contributed by atoms with van der Waals surface area (Å²) in [6, 6.07) is 8.06. The lowest BCUT2D eigenvalue weighted by molar-refractivity contribution is -0.137. The number of hydrogen-bond donors (Lipinski definition) is 2. The SMILES string of the molecule is CC(C)(C)OC(=O)N[C@H](CCC(=O)O)COc1cccc(C#N)c1. The predicted molar refractivity (Wildman–Crippen MR) is 86.7 cm³/mol. The fraction of sp³-hybridized carbons (Fsp3) is 0.471. The number of hydrogen-bond acceptors (Lipinski definition) is 5. The standard InChI is InChI=1S/C17H22N2O5/c1-17(2,3)24-16(22)19-13(7-8-15(20)21)11-23-14-6-4-5-12(9-14)10-18/h4-6,9,13H,7-8,11H2,1-3H3,(H,19,22)(H,20,21)/t13-/m1/s1. The molecule has 0 aliphatic rings. The highest BCUT2D eigenvalue weighted by molar-refractivity contribution is 5.69. The number of ether oxygens (including phenoxy) is 2. The van der Waals surface area contributed by atoms with Crippen LogP contribution in [0.15, 0.2) is 24.3 Å². The summed E-state index contributed by atoms with van der Waals surface area (Å²) >= 11 is 0. The minimum atomic E-state index is -0.961. The van der Waals surface area contributed by atoms with E-state index in [2.05, 4.69) is 5.32 Å². The van der Waals surface area contributed by atoms with Crippen molar-refractivity contribution >= 4 is 12.1 Å². The van der Waals surface area contributed by atoms with Gasteiger partial charge >= 0.3 is 12.1 Å². The second-order valence-corrected chi connectivity index (χ2v) is 6.23. The van der Waals surface area contributed by atoms with Crippen LogP contribution in [0.1, 0.15) is 39.2 Å². The number of carboxylic acid groups (broad SMARTS) is 1. The lowest BCUT2D eigenvalue weighted by Crippen LogP contribution is -2.42. The first-order valence-corrected chi connectivity index (χ1v) is 7.54. The minimum absolute atomic E-state index is 0.0708. The first-order chi connectivity index (χ1) is 11.2. The van der Waals surface area contributed by atoms with Crippen molar-refractivity contribution in [2.75, 3.05) is 6.61 Å². The van der Waals surface area contributed by atoms with Gasteiger partial charge in [0.15, 0.2) is 0 Å². The summed E-state index contributed by atoms with van der Waals surface area (Å²) in [5.41, 5.74) is -0.196. The second-order valence-electron chi connectivity index (χ2n) is 6.23. The molecule has 1 atom stereocenters. The molecule has 0 fully saturated rings. The van der Waals surface area contributed by atoms with Crippen LogP contribution in [-0.2, 0) is 9.53 Å². The van der Waals surface area contributed by atoms with Crippen LogP contribution in [0, 0.1) is 11.3 Å². The first kappa shape index (κ1) is 19.3. The Balaban J connectivity index is 2.65. The topological polar surface area (TPSA) is 109 Å². The van der Waals surface area contributed by atoms with Gasteiger partial charge in [0.05, 0.1) is 17.7 Å². The summed E-state index contributed by atoms with van der Waals surface area (Å²) in [6.45, 7) is 5.29. The number of nitrogens with one attached hydrogen (secondary N) is 1. The van der Waals surface area contributed by atoms with Gasteiger partial charge in [-0.15, -0.1) is 0 Å². The zero-order chi connectivity index (χ0) is 18.2. The van der Waals surface area contributed by atoms with Crippen molar-refractivity contribution in [3.8, 4) is 11.8 Å². The van der Waals surface area contributed by atoms with Crippen LogP contribution in [0.5, 0.6) is 5.75 Å². The molecule has 1 aromatic rings. The Morgan fingerprint density at radius 3 is 2.67 bits per heavy atom. The van der Waals surface area contributed by atoms with Gasteiger partial charge in [0.25, 0.3) is 0 Å². The van der Waals surface area contributed by atoms with Crippen LogP contribution in [-0.4, -0.2) is 35.4 Å². The Morgan fingerprint density at radius 2 is 2.08 bits per heavy atom. The summed E-state index contributed by atoms with van der Waals surface area (Å²) in [7, 11) is 0. The van der Waals surface area contributed by atoms with Crippen LogP contribution in [0.2, 0.25) is 0 Å². The van der Waals surface area contributed by atoms with E-state index < -0.39 is 23.7 Å². The number of nitrogens with zero attached hydrogens (tertiary/aromatic N) is 1. The van der Waals surface area contributed by atoms with Gasteiger partial charge < -0.3 is 19.9 Å². The second kappa shape index (κ2) is 8.77. The van der Waals surface area contributed by atoms with E-state index in [-0.39, 0.29) is 19.4 Å². The maximum atomic E-state index is 11.8. The number of carbonyl (C=O) groups excluding carboxylic acids is 1. The molecule has 1 aromatic carbocycles. The van der Waals surface area contributed by atoms with E-state index in [1.165, 1.54) is 0 Å². The Morgan fingerprint density at radius 1 is 1.38 bits per heavy atom. The van der Waals surface area contributed by atoms with E-state index in [0.29, 0.717) is 11.3 Å². The fourth-order valence-corrected chi connectivity index (χ4v) is 1.82. The molecule has 2 N–H and O–H groups in total. The third kappa shape index (κ3) is 8.03. The minimum Gasteiger partial charge on any atom is -0.491 e. The Labute approximate surface area is 141 Å². The van der Waals surface area contributed by atoms with Crippen LogP contribution in [0.25, 0.3) is 0 Å². The van der Waals surface area contributed by atoms with Crippen molar-refractivity contribution in [2.24, 2.45) is 0 Å². The monoisotopic (exact) mass is 334 g/mol. The van der Waals surface area contributed by atoms with E-state index in [9.17, 15) is 9.59 Å². The molecule has 130 valence electrons. The molecular formula is C17H22N2O5. The number of nitriles is 1. The Kier molecular flexibility index (Phi) is 7.05. The Hall–Kier alpha value is -2.75. The van der Waals surface area contributed by atoms with Gasteiger partial charge in [0.1, 0.15) is 18.0 Å². The van der Waals surface area contributed by atoms with E-state index in [0.717, 1.165) is 0 Å². The predicted octanol–water partition coefficient (Wildman–Crippen LogP) is 2.70. The van der Waals surface area contributed by atoms with Crippen molar-refractivity contribution in [1.82, 2.24) is 5.32 Å². The molecule has 0 aliphatic heterocycles. The van der Waals surface area contributed by atoms with E-state index >= 15 is 0 Å².